The number of hydrogen-bond acceptors (Lipinski definition) is 7. The first-order valence-electron chi connectivity index (χ1n) is 7.23. The molecule has 4 unspecified atom stereocenters. The summed E-state index contributed by atoms with van der Waals surface area (Å²) < 4.78 is 17.9. The van der Waals surface area contributed by atoms with Crippen LogP contribution in [0.15, 0.2) is 17.2 Å². The van der Waals surface area contributed by atoms with Gasteiger partial charge < -0.3 is 34.2 Å². The van der Waals surface area contributed by atoms with Crippen LogP contribution in [-0.4, -0.2) is 65.8 Å². The van der Waals surface area contributed by atoms with Crippen LogP contribution in [0, 0.1) is 0 Å². The zero-order chi connectivity index (χ0) is 16.6. The van der Waals surface area contributed by atoms with Crippen molar-refractivity contribution in [3.8, 4) is 0 Å². The molecule has 3 rings (SSSR count). The van der Waals surface area contributed by atoms with E-state index in [0.29, 0.717) is 17.9 Å². The quantitative estimate of drug-likeness (QED) is 0.691. The van der Waals surface area contributed by atoms with Gasteiger partial charge in [-0.3, -0.25) is 4.79 Å². The number of pyridine rings is 1. The van der Waals surface area contributed by atoms with Crippen molar-refractivity contribution in [2.24, 2.45) is 0 Å². The highest BCUT2D eigenvalue weighted by Gasteiger charge is 2.45. The molecule has 0 radical (unpaired) electrons. The Morgan fingerprint density at radius 2 is 2.30 bits per heavy atom. The van der Waals surface area contributed by atoms with Gasteiger partial charge in [0.1, 0.15) is 24.1 Å². The summed E-state index contributed by atoms with van der Waals surface area (Å²) >= 11 is 0. The van der Waals surface area contributed by atoms with Gasteiger partial charge >= 0.3 is 0 Å². The van der Waals surface area contributed by atoms with Crippen molar-refractivity contribution in [1.29, 1.82) is 0 Å². The van der Waals surface area contributed by atoms with Gasteiger partial charge in [-0.05, 0) is 0 Å². The lowest BCUT2D eigenvalue weighted by Gasteiger charge is -2.18. The van der Waals surface area contributed by atoms with Gasteiger partial charge in [0.2, 0.25) is 0 Å². The second-order valence-corrected chi connectivity index (χ2v) is 5.36. The van der Waals surface area contributed by atoms with Gasteiger partial charge in [-0.15, -0.1) is 0 Å². The van der Waals surface area contributed by atoms with Crippen LogP contribution in [0.4, 0.5) is 5.82 Å². The number of aliphatic hydroxyl groups is 1. The molecule has 9 nitrogen and oxygen atoms in total. The van der Waals surface area contributed by atoms with Crippen LogP contribution in [0.3, 0.4) is 0 Å². The zero-order valence-electron chi connectivity index (χ0n) is 13.1. The minimum absolute atomic E-state index is 0.281. The average molecular weight is 324 g/mol. The molecule has 1 aliphatic heterocycles. The van der Waals surface area contributed by atoms with Gasteiger partial charge in [-0.25, -0.2) is 4.98 Å². The number of nitrogens with zero attached hydrogens (tertiary/aromatic N) is 2. The Kier molecular flexibility index (Phi) is 4.35. The van der Waals surface area contributed by atoms with E-state index < -0.39 is 24.5 Å². The third-order valence-corrected chi connectivity index (χ3v) is 4.03. The standard InChI is InChI=1S/C14H20N4O5/c1-15-9-4-7-10(13(20)17-9)16-6-18(7)14-11(19)12(22-3)8(23-14)5-21-2/h4,6,8,11-12,14,19H,5H2,1-3H3,(H2,15,17,20). The fourth-order valence-electron chi connectivity index (χ4n) is 2.92. The van der Waals surface area contributed by atoms with Gasteiger partial charge in [0.15, 0.2) is 11.7 Å². The third-order valence-electron chi connectivity index (χ3n) is 4.03. The lowest BCUT2D eigenvalue weighted by atomic mass is 10.1. The fraction of sp³-hybridized carbons (Fsp3) is 0.571. The van der Waals surface area contributed by atoms with E-state index in [1.807, 2.05) is 0 Å². The Morgan fingerprint density at radius 3 is 2.96 bits per heavy atom. The van der Waals surface area contributed by atoms with Crippen LogP contribution in [0.5, 0.6) is 0 Å². The number of aromatic nitrogens is 3. The maximum absolute atomic E-state index is 12.0. The normalized spacial score (nSPS) is 27.7. The number of hydrogen-bond donors (Lipinski definition) is 3. The molecule has 9 heteroatoms. The summed E-state index contributed by atoms with van der Waals surface area (Å²) in [6.07, 6.45) is -1.07. The van der Waals surface area contributed by atoms with Gasteiger partial charge in [0.25, 0.3) is 5.56 Å². The Hall–Kier alpha value is -1.94. The molecule has 1 saturated heterocycles. The van der Waals surface area contributed by atoms with Crippen molar-refractivity contribution in [2.45, 2.75) is 24.5 Å². The van der Waals surface area contributed by atoms with Crippen LogP contribution < -0.4 is 10.9 Å². The number of ether oxygens (including phenoxy) is 3. The van der Waals surface area contributed by atoms with Crippen molar-refractivity contribution >= 4 is 16.9 Å². The number of anilines is 1. The Labute approximate surface area is 132 Å². The number of aliphatic hydroxyl groups excluding tert-OH is 1. The highest BCUT2D eigenvalue weighted by molar-refractivity contribution is 5.77. The van der Waals surface area contributed by atoms with E-state index in [-0.39, 0.29) is 11.1 Å². The number of rotatable bonds is 5. The van der Waals surface area contributed by atoms with Crippen molar-refractivity contribution < 1.29 is 19.3 Å². The first-order chi connectivity index (χ1) is 11.1. The van der Waals surface area contributed by atoms with Gasteiger partial charge in [0.05, 0.1) is 18.5 Å². The number of imidazole rings is 1. The molecule has 0 amide bonds. The third kappa shape index (κ3) is 2.61. The van der Waals surface area contributed by atoms with E-state index in [1.165, 1.54) is 13.4 Å². The summed E-state index contributed by atoms with van der Waals surface area (Å²) in [5, 5.41) is 13.4. The largest absolute Gasteiger partial charge is 0.386 e. The summed E-state index contributed by atoms with van der Waals surface area (Å²) in [7, 11) is 4.77. The van der Waals surface area contributed by atoms with Gasteiger partial charge in [0, 0.05) is 27.3 Å². The number of H-pyrrole nitrogens is 1. The molecule has 1 aliphatic rings. The van der Waals surface area contributed by atoms with Crippen molar-refractivity contribution in [3.63, 3.8) is 0 Å². The maximum Gasteiger partial charge on any atom is 0.277 e. The molecular formula is C14H20N4O5. The summed E-state index contributed by atoms with van der Waals surface area (Å²) in [5.41, 5.74) is 0.536. The molecule has 23 heavy (non-hydrogen) atoms. The van der Waals surface area contributed by atoms with E-state index >= 15 is 0 Å². The number of fused-ring (bicyclic) bond motifs is 1. The SMILES string of the molecule is CNc1cc2c(ncn2C2OC(COC)C(OC)C2O)c(=O)[nH]1. The Balaban J connectivity index is 2.03. The highest BCUT2D eigenvalue weighted by atomic mass is 16.6. The molecule has 0 saturated carbocycles. The summed E-state index contributed by atoms with van der Waals surface area (Å²) in [6, 6.07) is 1.74. The van der Waals surface area contributed by atoms with E-state index in [4.69, 9.17) is 14.2 Å². The van der Waals surface area contributed by atoms with Crippen LogP contribution in [0.1, 0.15) is 6.23 Å². The van der Waals surface area contributed by atoms with Crippen molar-refractivity contribution in [2.75, 3.05) is 33.2 Å². The molecule has 0 spiro atoms. The fourth-order valence-corrected chi connectivity index (χ4v) is 2.92. The summed E-state index contributed by atoms with van der Waals surface area (Å²) in [6.45, 7) is 0.293. The second-order valence-electron chi connectivity index (χ2n) is 5.36. The Bertz CT molecular complexity index is 742. The van der Waals surface area contributed by atoms with Crippen LogP contribution in [0.25, 0.3) is 11.0 Å². The van der Waals surface area contributed by atoms with E-state index in [2.05, 4.69) is 15.3 Å². The predicted octanol–water partition coefficient (Wildman–Crippen LogP) is -0.314. The molecule has 3 heterocycles. The molecule has 3 N–H and O–H groups in total. The molecule has 0 aromatic carbocycles. The minimum atomic E-state index is -0.908. The Morgan fingerprint density at radius 1 is 1.52 bits per heavy atom. The van der Waals surface area contributed by atoms with Crippen LogP contribution in [0.2, 0.25) is 0 Å². The molecule has 1 fully saturated rings. The highest BCUT2D eigenvalue weighted by Crippen LogP contribution is 2.33. The molecule has 2 aromatic rings. The lowest BCUT2D eigenvalue weighted by Crippen LogP contribution is -2.35. The van der Waals surface area contributed by atoms with Crippen LogP contribution in [-0.2, 0) is 14.2 Å². The van der Waals surface area contributed by atoms with Crippen molar-refractivity contribution in [1.82, 2.24) is 14.5 Å². The molecule has 4 atom stereocenters. The monoisotopic (exact) mass is 324 g/mol. The smallest absolute Gasteiger partial charge is 0.277 e. The average Bonchev–Trinajstić information content (AvgIpc) is 3.09. The number of aromatic amines is 1. The molecule has 2 aromatic heterocycles. The van der Waals surface area contributed by atoms with E-state index in [1.54, 1.807) is 24.8 Å². The molecular weight excluding hydrogens is 304 g/mol. The first kappa shape index (κ1) is 15.9. The topological polar surface area (TPSA) is 111 Å². The molecule has 0 aliphatic carbocycles. The van der Waals surface area contributed by atoms with Gasteiger partial charge in [-0.1, -0.05) is 0 Å². The summed E-state index contributed by atoms with van der Waals surface area (Å²) in [5.74, 6) is 0.550. The maximum atomic E-state index is 12.0. The lowest BCUT2D eigenvalue weighted by molar-refractivity contribution is -0.0611. The van der Waals surface area contributed by atoms with E-state index in [0.717, 1.165) is 0 Å². The van der Waals surface area contributed by atoms with E-state index in [9.17, 15) is 9.90 Å². The number of methoxy groups -OCH3 is 2. The second kappa shape index (κ2) is 6.28. The molecule has 0 bridgehead atoms. The first-order valence-corrected chi connectivity index (χ1v) is 7.23. The summed E-state index contributed by atoms with van der Waals surface area (Å²) in [4.78, 5) is 18.8. The van der Waals surface area contributed by atoms with Gasteiger partial charge in [-0.2, -0.15) is 0 Å². The predicted molar refractivity (Wildman–Crippen MR) is 82.5 cm³/mol. The zero-order valence-corrected chi connectivity index (χ0v) is 13.1. The van der Waals surface area contributed by atoms with Crippen molar-refractivity contribution in [3.05, 3.63) is 22.7 Å². The minimum Gasteiger partial charge on any atom is -0.386 e. The molecule has 126 valence electrons. The number of nitrogens with one attached hydrogen (secondary N) is 2. The van der Waals surface area contributed by atoms with Crippen LogP contribution >= 0.6 is 0 Å².